The number of primary amides is 1. The summed E-state index contributed by atoms with van der Waals surface area (Å²) in [5, 5.41) is 3.15. The third kappa shape index (κ3) is 3.75. The van der Waals surface area contributed by atoms with Crippen molar-refractivity contribution in [3.63, 3.8) is 0 Å². The van der Waals surface area contributed by atoms with E-state index < -0.39 is 15.6 Å². The van der Waals surface area contributed by atoms with Gasteiger partial charge in [-0.25, -0.2) is 0 Å². The molecular formula is C24H34N4O5S. The fourth-order valence-electron chi connectivity index (χ4n) is 7.22. The molecule has 10 heteroatoms. The third-order valence-electron chi connectivity index (χ3n) is 8.49. The summed E-state index contributed by atoms with van der Waals surface area (Å²) in [5.41, 5.74) is 6.67. The maximum absolute atomic E-state index is 13.5. The van der Waals surface area contributed by atoms with Crippen LogP contribution in [0, 0.1) is 30.1 Å². The first-order valence-corrected chi connectivity index (χ1v) is 13.5. The number of carbonyl (C=O) groups is 2. The van der Waals surface area contributed by atoms with Crippen molar-refractivity contribution in [1.29, 1.82) is 0 Å². The van der Waals surface area contributed by atoms with Crippen molar-refractivity contribution in [2.24, 2.45) is 28.9 Å². The molecule has 3 N–H and O–H groups in total. The van der Waals surface area contributed by atoms with Crippen molar-refractivity contribution in [3.05, 3.63) is 23.8 Å². The molecule has 1 saturated heterocycles. The number of aryl methyl sites for hydroxylation is 1. The lowest BCUT2D eigenvalue weighted by atomic mass is 9.47. The number of benzene rings is 1. The van der Waals surface area contributed by atoms with Gasteiger partial charge < -0.3 is 15.8 Å². The molecule has 5 fully saturated rings. The Bertz CT molecular complexity index is 1090. The number of para-hydroxylation sites is 1. The summed E-state index contributed by atoms with van der Waals surface area (Å²) in [7, 11) is -2.36. The number of nitrogens with two attached hydrogens (primary N) is 1. The van der Waals surface area contributed by atoms with Crippen LogP contribution in [0.25, 0.3) is 0 Å². The number of hydrogen-bond acceptors (Lipinski definition) is 5. The molecule has 2 unspecified atom stereocenters. The fraction of sp³-hybridized carbons (Fsp3) is 0.667. The molecule has 0 radical (unpaired) electrons. The van der Waals surface area contributed by atoms with Gasteiger partial charge in [-0.1, -0.05) is 12.1 Å². The molecule has 2 amide bonds. The Labute approximate surface area is 201 Å². The molecule has 0 aromatic heterocycles. The highest BCUT2D eigenvalue weighted by Gasteiger charge is 2.58. The van der Waals surface area contributed by atoms with Gasteiger partial charge in [-0.2, -0.15) is 12.7 Å². The van der Waals surface area contributed by atoms with E-state index in [2.05, 4.69) is 5.32 Å². The lowest BCUT2D eigenvalue weighted by molar-refractivity contribution is -0.147. The summed E-state index contributed by atoms with van der Waals surface area (Å²) < 4.78 is 35.0. The van der Waals surface area contributed by atoms with Crippen LogP contribution in [0.1, 0.15) is 44.1 Å². The number of nitrogens with zero attached hydrogens (tertiary/aromatic N) is 2. The van der Waals surface area contributed by atoms with Crippen LogP contribution in [0.5, 0.6) is 5.75 Å². The molecule has 1 aliphatic heterocycles. The second-order valence-corrected chi connectivity index (χ2v) is 12.5. The van der Waals surface area contributed by atoms with Crippen molar-refractivity contribution in [2.75, 3.05) is 31.0 Å². The first-order valence-electron chi connectivity index (χ1n) is 12.2. The standard InChI is InChI=1S/C24H34N4O5S/c1-15-5-3-6-19(33-2)22(15)28-8-4-7-27(34(28,31)32)14-20(29)26-21-17-9-16-10-18(21)13-24(11-16,12-17)23(25)30/h3,5-6,16-18,21H,4,7-14H2,1-2H3,(H2,25,30)(H,26,29). The minimum Gasteiger partial charge on any atom is -0.495 e. The SMILES string of the molecule is COc1cccc(C)c1N1CCCN(CC(=O)NC2C3CC4CC2CC(C(N)=O)(C4)C3)S1(=O)=O. The Hall–Kier alpha value is -2.33. The Balaban J connectivity index is 1.30. The summed E-state index contributed by atoms with van der Waals surface area (Å²) >= 11 is 0. The van der Waals surface area contributed by atoms with Gasteiger partial charge >= 0.3 is 10.2 Å². The van der Waals surface area contributed by atoms with Gasteiger partial charge in [0, 0.05) is 24.5 Å². The molecule has 2 atom stereocenters. The first kappa shape index (κ1) is 23.4. The van der Waals surface area contributed by atoms with Gasteiger partial charge in [-0.15, -0.1) is 0 Å². The number of rotatable bonds is 6. The van der Waals surface area contributed by atoms with Crippen LogP contribution >= 0.6 is 0 Å². The van der Waals surface area contributed by atoms with Crippen molar-refractivity contribution in [1.82, 2.24) is 9.62 Å². The zero-order valence-corrected chi connectivity index (χ0v) is 20.6. The van der Waals surface area contributed by atoms with Crippen LogP contribution in [-0.4, -0.2) is 57.3 Å². The first-order chi connectivity index (χ1) is 16.1. The molecule has 4 aliphatic carbocycles. The molecule has 1 aromatic carbocycles. The number of amides is 2. The average Bonchev–Trinajstić information content (AvgIpc) is 2.77. The zero-order chi connectivity index (χ0) is 24.3. The van der Waals surface area contributed by atoms with E-state index in [0.29, 0.717) is 36.9 Å². The Morgan fingerprint density at radius 2 is 1.88 bits per heavy atom. The predicted molar refractivity (Wildman–Crippen MR) is 127 cm³/mol. The molecule has 9 nitrogen and oxygen atoms in total. The van der Waals surface area contributed by atoms with E-state index in [0.717, 1.165) is 37.7 Å². The number of methoxy groups -OCH3 is 1. The van der Waals surface area contributed by atoms with Crippen molar-refractivity contribution < 1.29 is 22.7 Å². The van der Waals surface area contributed by atoms with E-state index in [9.17, 15) is 18.0 Å². The Morgan fingerprint density at radius 3 is 2.53 bits per heavy atom. The van der Waals surface area contributed by atoms with Gasteiger partial charge in [-0.3, -0.25) is 13.9 Å². The predicted octanol–water partition coefficient (Wildman–Crippen LogP) is 1.56. The highest BCUT2D eigenvalue weighted by molar-refractivity contribution is 7.90. The molecular weight excluding hydrogens is 456 g/mol. The largest absolute Gasteiger partial charge is 0.495 e. The van der Waals surface area contributed by atoms with Crippen molar-refractivity contribution >= 4 is 27.7 Å². The van der Waals surface area contributed by atoms with Crippen molar-refractivity contribution in [3.8, 4) is 5.75 Å². The van der Waals surface area contributed by atoms with E-state index in [1.165, 1.54) is 15.7 Å². The van der Waals surface area contributed by atoms with Gasteiger partial charge in [0.25, 0.3) is 0 Å². The van der Waals surface area contributed by atoms with Crippen LogP contribution in [0.2, 0.25) is 0 Å². The molecule has 6 rings (SSSR count). The second-order valence-electron chi connectivity index (χ2n) is 10.6. The van der Waals surface area contributed by atoms with Gasteiger partial charge in [0.05, 0.1) is 19.3 Å². The van der Waals surface area contributed by atoms with Gasteiger partial charge in [-0.05, 0) is 74.8 Å². The monoisotopic (exact) mass is 490 g/mol. The lowest BCUT2D eigenvalue weighted by Gasteiger charge is -2.58. The van der Waals surface area contributed by atoms with Crippen molar-refractivity contribution in [2.45, 2.75) is 51.5 Å². The normalized spacial score (nSPS) is 34.1. The Kier molecular flexibility index (Phi) is 5.79. The van der Waals surface area contributed by atoms with E-state index in [1.807, 2.05) is 19.1 Å². The summed E-state index contributed by atoms with van der Waals surface area (Å²) in [6.45, 7) is 2.27. The molecule has 34 heavy (non-hydrogen) atoms. The number of anilines is 1. The van der Waals surface area contributed by atoms with Gasteiger partial charge in [0.1, 0.15) is 5.75 Å². The fourth-order valence-corrected chi connectivity index (χ4v) is 8.96. The maximum Gasteiger partial charge on any atom is 0.304 e. The molecule has 1 aromatic rings. The van der Waals surface area contributed by atoms with Crippen LogP contribution < -0.4 is 20.1 Å². The van der Waals surface area contributed by atoms with E-state index in [4.69, 9.17) is 10.5 Å². The summed E-state index contributed by atoms with van der Waals surface area (Å²) in [5.74, 6) is 0.961. The van der Waals surface area contributed by atoms with E-state index >= 15 is 0 Å². The topological polar surface area (TPSA) is 122 Å². The summed E-state index contributed by atoms with van der Waals surface area (Å²) in [4.78, 5) is 25.3. The zero-order valence-electron chi connectivity index (χ0n) is 19.8. The molecule has 186 valence electrons. The number of ether oxygens (including phenoxy) is 1. The highest BCUT2D eigenvalue weighted by atomic mass is 32.2. The lowest BCUT2D eigenvalue weighted by Crippen LogP contribution is -2.63. The minimum absolute atomic E-state index is 0.0171. The number of carbonyl (C=O) groups excluding carboxylic acids is 2. The molecule has 4 bridgehead atoms. The quantitative estimate of drug-likeness (QED) is 0.627. The van der Waals surface area contributed by atoms with Gasteiger partial charge in [0.2, 0.25) is 11.8 Å². The maximum atomic E-state index is 13.5. The highest BCUT2D eigenvalue weighted by Crippen LogP contribution is 2.59. The summed E-state index contributed by atoms with van der Waals surface area (Å²) in [6.07, 6.45) is 4.94. The van der Waals surface area contributed by atoms with Crippen LogP contribution in [0.15, 0.2) is 18.2 Å². The van der Waals surface area contributed by atoms with E-state index in [1.54, 1.807) is 6.07 Å². The summed E-state index contributed by atoms with van der Waals surface area (Å²) in [6, 6.07) is 5.41. The second kappa shape index (κ2) is 8.41. The van der Waals surface area contributed by atoms with Crippen LogP contribution in [-0.2, 0) is 19.8 Å². The smallest absolute Gasteiger partial charge is 0.304 e. The van der Waals surface area contributed by atoms with Gasteiger partial charge in [0.15, 0.2) is 0 Å². The molecule has 4 saturated carbocycles. The molecule has 1 heterocycles. The number of nitrogens with one attached hydrogen (secondary N) is 1. The molecule has 5 aliphatic rings. The van der Waals surface area contributed by atoms with Crippen LogP contribution in [0.4, 0.5) is 5.69 Å². The molecule has 0 spiro atoms. The number of hydrogen-bond donors (Lipinski definition) is 2. The third-order valence-corrected chi connectivity index (χ3v) is 10.4. The Morgan fingerprint density at radius 1 is 1.18 bits per heavy atom. The minimum atomic E-state index is -3.89. The van der Waals surface area contributed by atoms with Crippen LogP contribution in [0.3, 0.4) is 0 Å². The van der Waals surface area contributed by atoms with E-state index in [-0.39, 0.29) is 36.2 Å². The average molecular weight is 491 g/mol.